The molecule has 0 saturated heterocycles. The van der Waals surface area contributed by atoms with E-state index < -0.39 is 6.10 Å². The molecule has 0 radical (unpaired) electrons. The first-order chi connectivity index (χ1) is 9.54. The largest absolute Gasteiger partial charge is 0.390 e. The van der Waals surface area contributed by atoms with Crippen molar-refractivity contribution in [3.63, 3.8) is 0 Å². The smallest absolute Gasteiger partial charge is 0.237 e. The summed E-state index contributed by atoms with van der Waals surface area (Å²) in [6.45, 7) is 2.07. The van der Waals surface area contributed by atoms with Crippen LogP contribution in [0, 0.1) is 0 Å². The van der Waals surface area contributed by atoms with Gasteiger partial charge in [0, 0.05) is 6.42 Å². The maximum atomic E-state index is 12.4. The highest BCUT2D eigenvalue weighted by atomic mass is 16.3. The molecule has 0 fully saturated rings. The van der Waals surface area contributed by atoms with Crippen molar-refractivity contribution in [3.05, 3.63) is 35.4 Å². The van der Waals surface area contributed by atoms with Gasteiger partial charge in [0.15, 0.2) is 0 Å². The van der Waals surface area contributed by atoms with E-state index in [0.717, 1.165) is 24.0 Å². The van der Waals surface area contributed by atoms with Gasteiger partial charge in [-0.2, -0.15) is 0 Å². The molecule has 20 heavy (non-hydrogen) atoms. The van der Waals surface area contributed by atoms with Crippen molar-refractivity contribution in [2.24, 2.45) is 0 Å². The van der Waals surface area contributed by atoms with E-state index in [-0.39, 0.29) is 18.0 Å². The minimum atomic E-state index is -0.527. The summed E-state index contributed by atoms with van der Waals surface area (Å²) in [6, 6.07) is 7.50. The van der Waals surface area contributed by atoms with Crippen LogP contribution in [-0.4, -0.2) is 42.2 Å². The van der Waals surface area contributed by atoms with E-state index in [1.807, 2.05) is 43.3 Å². The molecule has 0 bridgehead atoms. The monoisotopic (exact) mass is 276 g/mol. The predicted molar refractivity (Wildman–Crippen MR) is 79.4 cm³/mol. The lowest BCUT2D eigenvalue weighted by Crippen LogP contribution is -2.46. The van der Waals surface area contributed by atoms with Gasteiger partial charge in [-0.15, -0.1) is 0 Å². The fourth-order valence-corrected chi connectivity index (χ4v) is 2.89. The molecule has 1 aromatic carbocycles. The number of hydrogen-bond donors (Lipinski definition) is 2. The molecule has 110 valence electrons. The Labute approximate surface area is 120 Å². The zero-order chi connectivity index (χ0) is 14.7. The molecule has 1 aliphatic carbocycles. The van der Waals surface area contributed by atoms with Crippen molar-refractivity contribution >= 4 is 5.91 Å². The molecular formula is C16H24N2O2. The number of fused-ring (bicyclic) bond motifs is 1. The van der Waals surface area contributed by atoms with Crippen LogP contribution in [0.15, 0.2) is 24.3 Å². The van der Waals surface area contributed by atoms with Gasteiger partial charge in [0.1, 0.15) is 0 Å². The number of amides is 1. The molecule has 0 heterocycles. The number of nitrogens with zero attached hydrogens (tertiary/aromatic N) is 1. The SMILES string of the molecule is CCCC(C(=O)N[C@H]1c2ccccc2C[C@H]1O)N(C)C. The average molecular weight is 276 g/mol. The number of likely N-dealkylation sites (N-methyl/N-ethyl adjacent to an activating group) is 1. The van der Waals surface area contributed by atoms with Crippen molar-refractivity contribution in [3.8, 4) is 0 Å². The van der Waals surface area contributed by atoms with Gasteiger partial charge >= 0.3 is 0 Å². The second-order valence-electron chi connectivity index (χ2n) is 5.72. The third-order valence-corrected chi connectivity index (χ3v) is 3.99. The van der Waals surface area contributed by atoms with Crippen LogP contribution in [-0.2, 0) is 11.2 Å². The molecule has 2 rings (SSSR count). The van der Waals surface area contributed by atoms with Gasteiger partial charge in [0.2, 0.25) is 5.91 Å². The molecule has 1 aromatic rings. The van der Waals surface area contributed by atoms with E-state index in [1.165, 1.54) is 0 Å². The fourth-order valence-electron chi connectivity index (χ4n) is 2.89. The lowest BCUT2D eigenvalue weighted by Gasteiger charge is -2.26. The Bertz CT molecular complexity index is 473. The second-order valence-corrected chi connectivity index (χ2v) is 5.72. The van der Waals surface area contributed by atoms with E-state index in [1.54, 1.807) is 0 Å². The van der Waals surface area contributed by atoms with Crippen LogP contribution < -0.4 is 5.32 Å². The molecular weight excluding hydrogens is 252 g/mol. The number of carbonyl (C=O) groups excluding carboxylic acids is 1. The first-order valence-corrected chi connectivity index (χ1v) is 7.27. The quantitative estimate of drug-likeness (QED) is 0.857. The summed E-state index contributed by atoms with van der Waals surface area (Å²) in [6.07, 6.45) is 1.87. The minimum absolute atomic E-state index is 0.00222. The standard InChI is InChI=1S/C16H24N2O2/c1-4-7-13(18(2)3)16(20)17-15-12-9-6-5-8-11(12)10-14(15)19/h5-6,8-9,13-15,19H,4,7,10H2,1-3H3,(H,17,20)/t13?,14-,15+/m1/s1. The number of nitrogens with one attached hydrogen (secondary N) is 1. The molecule has 0 spiro atoms. The van der Waals surface area contributed by atoms with Crippen LogP contribution in [0.25, 0.3) is 0 Å². The van der Waals surface area contributed by atoms with Crippen molar-refractivity contribution in [2.75, 3.05) is 14.1 Å². The van der Waals surface area contributed by atoms with Gasteiger partial charge in [-0.25, -0.2) is 0 Å². The lowest BCUT2D eigenvalue weighted by molar-refractivity contribution is -0.127. The number of hydrogen-bond acceptors (Lipinski definition) is 3. The Morgan fingerprint density at radius 2 is 2.15 bits per heavy atom. The molecule has 0 aliphatic heterocycles. The van der Waals surface area contributed by atoms with E-state index in [4.69, 9.17) is 0 Å². The van der Waals surface area contributed by atoms with E-state index in [0.29, 0.717) is 6.42 Å². The Balaban J connectivity index is 2.11. The van der Waals surface area contributed by atoms with Gasteiger partial charge in [0.25, 0.3) is 0 Å². The number of rotatable bonds is 5. The number of aliphatic hydroxyl groups is 1. The third kappa shape index (κ3) is 3.02. The Hall–Kier alpha value is -1.39. The summed E-state index contributed by atoms with van der Waals surface area (Å²) >= 11 is 0. The molecule has 2 N–H and O–H groups in total. The van der Waals surface area contributed by atoms with Crippen molar-refractivity contribution < 1.29 is 9.90 Å². The highest BCUT2D eigenvalue weighted by Gasteiger charge is 2.33. The Morgan fingerprint density at radius 1 is 1.45 bits per heavy atom. The molecule has 3 atom stereocenters. The van der Waals surface area contributed by atoms with Crippen LogP contribution in [0.4, 0.5) is 0 Å². The van der Waals surface area contributed by atoms with Crippen molar-refractivity contribution in [2.45, 2.75) is 44.4 Å². The summed E-state index contributed by atoms with van der Waals surface area (Å²) in [5.74, 6) is -0.00222. The minimum Gasteiger partial charge on any atom is -0.390 e. The van der Waals surface area contributed by atoms with Crippen LogP contribution in [0.1, 0.15) is 36.9 Å². The van der Waals surface area contributed by atoms with Crippen LogP contribution >= 0.6 is 0 Å². The van der Waals surface area contributed by atoms with E-state index in [2.05, 4.69) is 12.2 Å². The van der Waals surface area contributed by atoms with E-state index >= 15 is 0 Å². The fraction of sp³-hybridized carbons (Fsp3) is 0.562. The summed E-state index contributed by atoms with van der Waals surface area (Å²) in [7, 11) is 3.83. The zero-order valence-electron chi connectivity index (χ0n) is 12.5. The molecule has 0 saturated carbocycles. The summed E-state index contributed by atoms with van der Waals surface area (Å²) in [5.41, 5.74) is 2.17. The summed E-state index contributed by atoms with van der Waals surface area (Å²) in [4.78, 5) is 14.4. The highest BCUT2D eigenvalue weighted by molar-refractivity contribution is 5.82. The Kier molecular flexibility index (Phi) is 4.78. The van der Waals surface area contributed by atoms with E-state index in [9.17, 15) is 9.90 Å². The van der Waals surface area contributed by atoms with Crippen LogP contribution in [0.2, 0.25) is 0 Å². The highest BCUT2D eigenvalue weighted by Crippen LogP contribution is 2.31. The maximum absolute atomic E-state index is 12.4. The van der Waals surface area contributed by atoms with Crippen molar-refractivity contribution in [1.29, 1.82) is 0 Å². The summed E-state index contributed by atoms with van der Waals surface area (Å²) < 4.78 is 0. The molecule has 0 aromatic heterocycles. The molecule has 1 aliphatic rings. The number of benzene rings is 1. The maximum Gasteiger partial charge on any atom is 0.237 e. The topological polar surface area (TPSA) is 52.6 Å². The molecule has 1 unspecified atom stereocenters. The van der Waals surface area contributed by atoms with Gasteiger partial charge < -0.3 is 10.4 Å². The summed E-state index contributed by atoms with van der Waals surface area (Å²) in [5, 5.41) is 13.2. The van der Waals surface area contributed by atoms with Crippen LogP contribution in [0.3, 0.4) is 0 Å². The molecule has 4 nitrogen and oxygen atoms in total. The zero-order valence-corrected chi connectivity index (χ0v) is 12.5. The first-order valence-electron chi connectivity index (χ1n) is 7.27. The van der Waals surface area contributed by atoms with Gasteiger partial charge in [-0.1, -0.05) is 37.6 Å². The average Bonchev–Trinajstić information content (AvgIpc) is 2.72. The predicted octanol–water partition coefficient (Wildman–Crippen LogP) is 1.49. The number of carbonyl (C=O) groups is 1. The Morgan fingerprint density at radius 3 is 2.80 bits per heavy atom. The van der Waals surface area contributed by atoms with Gasteiger partial charge in [-0.3, -0.25) is 9.69 Å². The molecule has 4 heteroatoms. The third-order valence-electron chi connectivity index (χ3n) is 3.99. The first kappa shape index (κ1) is 15.0. The lowest BCUT2D eigenvalue weighted by atomic mass is 10.1. The molecule has 1 amide bonds. The van der Waals surface area contributed by atoms with Gasteiger partial charge in [0.05, 0.1) is 18.2 Å². The normalized spacial score (nSPS) is 22.6. The van der Waals surface area contributed by atoms with Crippen LogP contribution in [0.5, 0.6) is 0 Å². The second kappa shape index (κ2) is 6.37. The van der Waals surface area contributed by atoms with Crippen molar-refractivity contribution in [1.82, 2.24) is 10.2 Å². The van der Waals surface area contributed by atoms with Gasteiger partial charge in [-0.05, 0) is 31.6 Å². The number of aliphatic hydroxyl groups excluding tert-OH is 1.